The number of benzene rings is 9. The number of rotatable bonds is 6. The summed E-state index contributed by atoms with van der Waals surface area (Å²) in [6.07, 6.45) is 0. The molecule has 2 nitrogen and oxygen atoms in total. The largest absolute Gasteiger partial charge is 0.456 e. The molecule has 1 aliphatic heterocycles. The minimum absolute atomic E-state index is 0.892. The molecule has 0 amide bonds. The summed E-state index contributed by atoms with van der Waals surface area (Å²) in [7, 11) is 0. The Kier molecular flexibility index (Phi) is 7.18. The minimum Gasteiger partial charge on any atom is -0.456 e. The van der Waals surface area contributed by atoms with Crippen molar-refractivity contribution in [1.82, 2.24) is 0 Å². The zero-order chi connectivity index (χ0) is 34.4. The van der Waals surface area contributed by atoms with Crippen LogP contribution < -0.4 is 9.64 Å². The zero-order valence-electron chi connectivity index (χ0n) is 28.4. The summed E-state index contributed by atoms with van der Waals surface area (Å²) in [6, 6.07) is 71.8. The lowest BCUT2D eigenvalue weighted by Crippen LogP contribution is -2.11. The number of hydrogen-bond donors (Lipinski definition) is 0. The van der Waals surface area contributed by atoms with E-state index in [2.05, 4.69) is 199 Å². The van der Waals surface area contributed by atoms with Crippen molar-refractivity contribution in [3.8, 4) is 56.0 Å². The molecule has 1 aliphatic rings. The second-order valence-corrected chi connectivity index (χ2v) is 13.3. The number of anilines is 3. The summed E-state index contributed by atoms with van der Waals surface area (Å²) in [4.78, 5) is 2.41. The van der Waals surface area contributed by atoms with Gasteiger partial charge in [0.05, 0.1) is 5.69 Å². The highest BCUT2D eigenvalue weighted by molar-refractivity contribution is 6.06. The summed E-state index contributed by atoms with van der Waals surface area (Å²) in [5.41, 5.74) is 12.7. The van der Waals surface area contributed by atoms with E-state index in [-0.39, 0.29) is 0 Å². The Bertz CT molecular complexity index is 2780. The fraction of sp³-hybridized carbons (Fsp3) is 0. The van der Waals surface area contributed by atoms with Crippen LogP contribution in [0.25, 0.3) is 66.1 Å². The van der Waals surface area contributed by atoms with Gasteiger partial charge in [-0.05, 0) is 104 Å². The maximum atomic E-state index is 6.35. The first-order valence-electron chi connectivity index (χ1n) is 17.8. The Labute approximate surface area is 303 Å². The van der Waals surface area contributed by atoms with Gasteiger partial charge in [0.2, 0.25) is 0 Å². The lowest BCUT2D eigenvalue weighted by atomic mass is 9.90. The molecule has 0 radical (unpaired) electrons. The van der Waals surface area contributed by atoms with E-state index in [1.165, 1.54) is 49.5 Å². The van der Waals surface area contributed by atoms with E-state index in [9.17, 15) is 0 Å². The molecule has 0 aliphatic carbocycles. The maximum Gasteiger partial charge on any atom is 0.135 e. The first-order valence-corrected chi connectivity index (χ1v) is 17.8. The van der Waals surface area contributed by atoms with E-state index in [1.54, 1.807) is 0 Å². The van der Waals surface area contributed by atoms with Crippen LogP contribution in [-0.4, -0.2) is 0 Å². The summed E-state index contributed by atoms with van der Waals surface area (Å²) in [5.74, 6) is 1.80. The van der Waals surface area contributed by atoms with Gasteiger partial charge in [-0.2, -0.15) is 0 Å². The normalized spacial score (nSPS) is 11.6. The van der Waals surface area contributed by atoms with E-state index in [1.807, 2.05) is 6.07 Å². The topological polar surface area (TPSA) is 12.5 Å². The van der Waals surface area contributed by atoms with Gasteiger partial charge in [0.25, 0.3) is 0 Å². The van der Waals surface area contributed by atoms with E-state index in [0.29, 0.717) is 0 Å². The van der Waals surface area contributed by atoms with Crippen LogP contribution in [0.2, 0.25) is 0 Å². The van der Waals surface area contributed by atoms with Crippen LogP contribution in [-0.2, 0) is 0 Å². The predicted molar refractivity (Wildman–Crippen MR) is 218 cm³/mol. The molecular weight excluding hydrogens is 631 g/mol. The lowest BCUT2D eigenvalue weighted by Gasteiger charge is -2.29. The van der Waals surface area contributed by atoms with Crippen LogP contribution in [0.5, 0.6) is 11.5 Å². The molecule has 0 atom stereocenters. The van der Waals surface area contributed by atoms with Gasteiger partial charge in [-0.25, -0.2) is 0 Å². The van der Waals surface area contributed by atoms with Gasteiger partial charge in [0.15, 0.2) is 0 Å². The average Bonchev–Trinajstić information content (AvgIpc) is 3.21. The van der Waals surface area contributed by atoms with E-state index in [4.69, 9.17) is 4.74 Å². The van der Waals surface area contributed by atoms with Crippen LogP contribution in [0.15, 0.2) is 200 Å². The van der Waals surface area contributed by atoms with Crippen molar-refractivity contribution in [3.05, 3.63) is 200 Å². The molecule has 2 heteroatoms. The van der Waals surface area contributed by atoms with Crippen LogP contribution >= 0.6 is 0 Å². The van der Waals surface area contributed by atoms with Gasteiger partial charge < -0.3 is 9.64 Å². The van der Waals surface area contributed by atoms with Gasteiger partial charge in [0.1, 0.15) is 11.5 Å². The SMILES string of the molecule is c1ccc(-c2ccccc2N(c2cccc(-c3cc4c5c(cccc5c3)Oc3ccccc3-4)c2)c2cccc(-c3cccc4ccccc34)c2)cc1. The number of fused-ring (bicyclic) bond motifs is 3. The Morgan fingerprint density at radius 3 is 1.81 bits per heavy atom. The van der Waals surface area contributed by atoms with Crippen molar-refractivity contribution in [3.63, 3.8) is 0 Å². The van der Waals surface area contributed by atoms with Crippen molar-refractivity contribution in [1.29, 1.82) is 0 Å². The zero-order valence-corrected chi connectivity index (χ0v) is 28.4. The molecular formula is C50H33NO. The average molecular weight is 664 g/mol. The van der Waals surface area contributed by atoms with E-state index in [0.717, 1.165) is 45.1 Å². The second kappa shape index (κ2) is 12.5. The molecule has 10 rings (SSSR count). The molecule has 9 aromatic carbocycles. The predicted octanol–water partition coefficient (Wildman–Crippen LogP) is 14.2. The third-order valence-corrected chi connectivity index (χ3v) is 10.2. The van der Waals surface area contributed by atoms with Gasteiger partial charge in [-0.15, -0.1) is 0 Å². The van der Waals surface area contributed by atoms with Crippen molar-refractivity contribution in [2.24, 2.45) is 0 Å². The molecule has 0 fully saturated rings. The number of ether oxygens (including phenoxy) is 1. The lowest BCUT2D eigenvalue weighted by molar-refractivity contribution is 0.487. The summed E-state index contributed by atoms with van der Waals surface area (Å²) in [5, 5.41) is 4.81. The van der Waals surface area contributed by atoms with Crippen LogP contribution in [0.4, 0.5) is 17.1 Å². The smallest absolute Gasteiger partial charge is 0.135 e. The minimum atomic E-state index is 0.892. The molecule has 9 aromatic rings. The molecule has 0 spiro atoms. The molecule has 0 aromatic heterocycles. The molecule has 0 saturated carbocycles. The molecule has 1 heterocycles. The third-order valence-electron chi connectivity index (χ3n) is 10.2. The second-order valence-electron chi connectivity index (χ2n) is 13.3. The van der Waals surface area contributed by atoms with Crippen molar-refractivity contribution in [2.75, 3.05) is 4.90 Å². The van der Waals surface area contributed by atoms with Crippen molar-refractivity contribution >= 4 is 38.6 Å². The van der Waals surface area contributed by atoms with E-state index >= 15 is 0 Å². The quantitative estimate of drug-likeness (QED) is 0.176. The number of para-hydroxylation sites is 2. The highest BCUT2D eigenvalue weighted by Gasteiger charge is 2.22. The Morgan fingerprint density at radius 1 is 0.327 bits per heavy atom. The Balaban J connectivity index is 1.17. The van der Waals surface area contributed by atoms with E-state index < -0.39 is 0 Å². The fourth-order valence-electron chi connectivity index (χ4n) is 7.83. The van der Waals surface area contributed by atoms with Gasteiger partial charge in [-0.1, -0.05) is 146 Å². The third kappa shape index (κ3) is 5.12. The monoisotopic (exact) mass is 663 g/mol. The van der Waals surface area contributed by atoms with Crippen LogP contribution in [0, 0.1) is 0 Å². The highest BCUT2D eigenvalue weighted by Crippen LogP contribution is 2.49. The summed E-state index contributed by atoms with van der Waals surface area (Å²) < 4.78 is 6.35. The Morgan fingerprint density at radius 2 is 0.923 bits per heavy atom. The number of hydrogen-bond acceptors (Lipinski definition) is 2. The number of nitrogens with zero attached hydrogens (tertiary/aromatic N) is 1. The molecule has 0 unspecified atom stereocenters. The van der Waals surface area contributed by atoms with Crippen molar-refractivity contribution < 1.29 is 4.74 Å². The molecule has 52 heavy (non-hydrogen) atoms. The van der Waals surface area contributed by atoms with Crippen LogP contribution in [0.3, 0.4) is 0 Å². The van der Waals surface area contributed by atoms with Crippen LogP contribution in [0.1, 0.15) is 0 Å². The molecule has 0 saturated heterocycles. The first kappa shape index (κ1) is 30.0. The summed E-state index contributed by atoms with van der Waals surface area (Å²) in [6.45, 7) is 0. The van der Waals surface area contributed by atoms with Crippen molar-refractivity contribution in [2.45, 2.75) is 0 Å². The first-order chi connectivity index (χ1) is 25.8. The van der Waals surface area contributed by atoms with Gasteiger partial charge in [-0.3, -0.25) is 0 Å². The summed E-state index contributed by atoms with van der Waals surface area (Å²) >= 11 is 0. The maximum absolute atomic E-state index is 6.35. The standard InChI is InChI=1S/C50H33NO/c1-2-14-35(15-3-1)44-24-6-8-27-47(44)51(41-22-11-19-37(32-41)43-26-12-17-34-16-4-5-23-42(34)43)40-21-10-18-36(31-40)39-30-38-20-13-29-49-50(38)46(33-39)45-25-7-9-28-48(45)52-49/h1-33H. The molecule has 0 bridgehead atoms. The van der Waals surface area contributed by atoms with Gasteiger partial charge >= 0.3 is 0 Å². The molecule has 244 valence electrons. The fourth-order valence-corrected chi connectivity index (χ4v) is 7.83. The highest BCUT2D eigenvalue weighted by atomic mass is 16.5. The van der Waals surface area contributed by atoms with Gasteiger partial charge in [0, 0.05) is 27.9 Å². The molecule has 0 N–H and O–H groups in total. The Hall–Kier alpha value is -6.90.